The van der Waals surface area contributed by atoms with Crippen molar-refractivity contribution in [2.45, 2.75) is 37.8 Å². The molecule has 0 atom stereocenters. The number of aliphatic imine (C=N–C) groups is 1. The molecule has 0 spiro atoms. The highest BCUT2D eigenvalue weighted by atomic mass is 16.5. The van der Waals surface area contributed by atoms with Gasteiger partial charge in [0.1, 0.15) is 16.9 Å². The van der Waals surface area contributed by atoms with Crippen molar-refractivity contribution in [3.8, 4) is 17.6 Å². The van der Waals surface area contributed by atoms with Gasteiger partial charge in [-0.2, -0.15) is 15.1 Å². The first-order valence-corrected chi connectivity index (χ1v) is 10.7. The van der Waals surface area contributed by atoms with Gasteiger partial charge in [0.05, 0.1) is 23.8 Å². The third-order valence-corrected chi connectivity index (χ3v) is 5.79. The molecule has 0 radical (unpaired) electrons. The smallest absolute Gasteiger partial charge is 0.326 e. The number of hydrogen-bond donors (Lipinski definition) is 1. The molecule has 32 heavy (non-hydrogen) atoms. The van der Waals surface area contributed by atoms with Crippen molar-refractivity contribution >= 4 is 23.3 Å². The van der Waals surface area contributed by atoms with Crippen LogP contribution in [0, 0.1) is 0 Å². The molecular formula is C22H25N7O3. The van der Waals surface area contributed by atoms with Crippen LogP contribution in [0.4, 0.5) is 0 Å². The van der Waals surface area contributed by atoms with Crippen LogP contribution < -0.4 is 4.74 Å². The minimum atomic E-state index is -0.190. The van der Waals surface area contributed by atoms with Gasteiger partial charge in [0.2, 0.25) is 5.88 Å². The summed E-state index contributed by atoms with van der Waals surface area (Å²) in [5.41, 5.74) is 1.52. The second-order valence-electron chi connectivity index (χ2n) is 8.06. The minimum absolute atomic E-state index is 0.00902. The van der Waals surface area contributed by atoms with Crippen LogP contribution in [0.5, 0.6) is 17.6 Å². The summed E-state index contributed by atoms with van der Waals surface area (Å²) in [6.07, 6.45) is 11.0. The van der Waals surface area contributed by atoms with Crippen molar-refractivity contribution in [3.05, 3.63) is 36.6 Å². The maximum Gasteiger partial charge on any atom is 0.326 e. The summed E-state index contributed by atoms with van der Waals surface area (Å²) in [4.78, 5) is 19.3. The molecular weight excluding hydrogens is 410 g/mol. The standard InChI is InChI=1S/C22H25N7O3/c1-23-18(13-28(2)14-3-4-14)20-19-17(5-8-24-20)21(30)27-22(26-19)32-16-11-25-29(12-16)15-6-9-31-10-7-15/h5,8,11-15H,1,3-4,6-7,9-10H2,2H3,(H,26,27,30)/b18-13-. The van der Waals surface area contributed by atoms with E-state index in [0.29, 0.717) is 34.1 Å². The van der Waals surface area contributed by atoms with E-state index in [0.717, 1.165) is 38.9 Å². The second-order valence-corrected chi connectivity index (χ2v) is 8.06. The van der Waals surface area contributed by atoms with Crippen LogP contribution in [0.15, 0.2) is 35.8 Å². The van der Waals surface area contributed by atoms with Crippen molar-refractivity contribution in [1.29, 1.82) is 0 Å². The van der Waals surface area contributed by atoms with Gasteiger partial charge >= 0.3 is 6.01 Å². The molecule has 5 rings (SSSR count). The Morgan fingerprint density at radius 1 is 1.31 bits per heavy atom. The fourth-order valence-electron chi connectivity index (χ4n) is 3.84. The predicted octanol–water partition coefficient (Wildman–Crippen LogP) is 3.16. The Hall–Kier alpha value is -3.53. The Balaban J connectivity index is 1.46. The van der Waals surface area contributed by atoms with Gasteiger partial charge in [-0.1, -0.05) is 0 Å². The van der Waals surface area contributed by atoms with E-state index in [1.807, 2.05) is 24.1 Å². The Labute approximate surface area is 185 Å². The molecule has 3 aromatic rings. The first-order valence-electron chi connectivity index (χ1n) is 10.7. The highest BCUT2D eigenvalue weighted by molar-refractivity contribution is 5.92. The summed E-state index contributed by atoms with van der Waals surface area (Å²) in [6, 6.07) is 2.45. The lowest BCUT2D eigenvalue weighted by atomic mass is 10.1. The topological polar surface area (TPSA) is 111 Å². The Morgan fingerprint density at radius 3 is 2.88 bits per heavy atom. The molecule has 1 N–H and O–H groups in total. The number of aromatic hydroxyl groups is 1. The van der Waals surface area contributed by atoms with Crippen molar-refractivity contribution in [2.24, 2.45) is 4.99 Å². The van der Waals surface area contributed by atoms with Crippen molar-refractivity contribution < 1.29 is 14.6 Å². The van der Waals surface area contributed by atoms with Crippen LogP contribution in [0.3, 0.4) is 0 Å². The van der Waals surface area contributed by atoms with Gasteiger partial charge in [-0.3, -0.25) is 14.7 Å². The molecule has 0 bridgehead atoms. The third-order valence-electron chi connectivity index (χ3n) is 5.79. The normalized spacial score (nSPS) is 17.5. The number of pyridine rings is 1. The van der Waals surface area contributed by atoms with Gasteiger partial charge in [0.25, 0.3) is 0 Å². The largest absolute Gasteiger partial charge is 0.493 e. The van der Waals surface area contributed by atoms with E-state index in [1.165, 1.54) is 0 Å². The number of ether oxygens (including phenoxy) is 2. The zero-order valence-electron chi connectivity index (χ0n) is 17.9. The van der Waals surface area contributed by atoms with Gasteiger partial charge in [-0.15, -0.1) is 0 Å². The summed E-state index contributed by atoms with van der Waals surface area (Å²) in [5.74, 6) is 0.302. The molecule has 4 heterocycles. The lowest BCUT2D eigenvalue weighted by molar-refractivity contribution is 0.0662. The van der Waals surface area contributed by atoms with Crippen molar-refractivity contribution in [2.75, 3.05) is 20.3 Å². The number of fused-ring (bicyclic) bond motifs is 1. The average molecular weight is 435 g/mol. The zero-order chi connectivity index (χ0) is 22.1. The molecule has 1 saturated carbocycles. The third kappa shape index (κ3) is 4.13. The van der Waals surface area contributed by atoms with Crippen LogP contribution in [-0.2, 0) is 4.74 Å². The van der Waals surface area contributed by atoms with Crippen LogP contribution in [0.25, 0.3) is 16.6 Å². The van der Waals surface area contributed by atoms with Gasteiger partial charge in [-0.05, 0) is 38.5 Å². The predicted molar refractivity (Wildman–Crippen MR) is 119 cm³/mol. The molecule has 0 unspecified atom stereocenters. The summed E-state index contributed by atoms with van der Waals surface area (Å²) in [7, 11) is 2.01. The molecule has 10 heteroatoms. The SMILES string of the molecule is C=N/C(=C\N(C)C1CC1)c1nccc2c(O)nc(Oc3cnn(C4CCOCC4)c3)nc12. The van der Waals surface area contributed by atoms with Gasteiger partial charge < -0.3 is 19.5 Å². The number of nitrogens with zero attached hydrogens (tertiary/aromatic N) is 7. The van der Waals surface area contributed by atoms with Crippen LogP contribution in [-0.4, -0.2) is 67.8 Å². The Bertz CT molecular complexity index is 1170. The maximum atomic E-state index is 10.5. The Kier molecular flexibility index (Phi) is 5.44. The molecule has 1 aliphatic carbocycles. The van der Waals surface area contributed by atoms with E-state index in [2.05, 4.69) is 36.7 Å². The van der Waals surface area contributed by atoms with Crippen LogP contribution >= 0.6 is 0 Å². The van der Waals surface area contributed by atoms with Crippen LogP contribution in [0.2, 0.25) is 0 Å². The van der Waals surface area contributed by atoms with E-state index in [9.17, 15) is 5.11 Å². The lowest BCUT2D eigenvalue weighted by Crippen LogP contribution is -2.19. The van der Waals surface area contributed by atoms with Gasteiger partial charge in [0.15, 0.2) is 5.75 Å². The van der Waals surface area contributed by atoms with E-state index in [1.54, 1.807) is 18.5 Å². The average Bonchev–Trinajstić information content (AvgIpc) is 3.57. The molecule has 0 amide bonds. The molecule has 3 aromatic heterocycles. The molecule has 0 aromatic carbocycles. The fourth-order valence-corrected chi connectivity index (χ4v) is 3.84. The zero-order valence-corrected chi connectivity index (χ0v) is 17.9. The minimum Gasteiger partial charge on any atom is -0.493 e. The molecule has 2 fully saturated rings. The van der Waals surface area contributed by atoms with Crippen molar-refractivity contribution in [1.82, 2.24) is 29.6 Å². The number of hydrogen-bond acceptors (Lipinski definition) is 9. The Morgan fingerprint density at radius 2 is 2.12 bits per heavy atom. The second kappa shape index (κ2) is 8.54. The fraction of sp³-hybridized carbons (Fsp3) is 0.409. The molecule has 166 valence electrons. The summed E-state index contributed by atoms with van der Waals surface area (Å²) in [6.45, 7) is 5.14. The van der Waals surface area contributed by atoms with Crippen molar-refractivity contribution in [3.63, 3.8) is 0 Å². The van der Waals surface area contributed by atoms with E-state index >= 15 is 0 Å². The molecule has 1 aliphatic heterocycles. The lowest BCUT2D eigenvalue weighted by Gasteiger charge is -2.21. The monoisotopic (exact) mass is 435 g/mol. The summed E-state index contributed by atoms with van der Waals surface area (Å²) in [5, 5.41) is 15.4. The number of aromatic nitrogens is 5. The van der Waals surface area contributed by atoms with E-state index < -0.39 is 0 Å². The summed E-state index contributed by atoms with van der Waals surface area (Å²) < 4.78 is 13.1. The quantitative estimate of drug-likeness (QED) is 0.564. The van der Waals surface area contributed by atoms with Gasteiger partial charge in [0, 0.05) is 38.7 Å². The van der Waals surface area contributed by atoms with Gasteiger partial charge in [-0.25, -0.2) is 0 Å². The maximum absolute atomic E-state index is 10.5. The summed E-state index contributed by atoms with van der Waals surface area (Å²) >= 11 is 0. The number of rotatable bonds is 7. The molecule has 2 aliphatic rings. The molecule has 1 saturated heterocycles. The first-order chi connectivity index (χ1) is 15.6. The van der Waals surface area contributed by atoms with Crippen LogP contribution in [0.1, 0.15) is 37.4 Å². The van der Waals surface area contributed by atoms with E-state index in [4.69, 9.17) is 9.47 Å². The first kappa shape index (κ1) is 20.4. The van der Waals surface area contributed by atoms with E-state index in [-0.39, 0.29) is 17.9 Å². The highest BCUT2D eigenvalue weighted by Crippen LogP contribution is 2.32. The highest BCUT2D eigenvalue weighted by Gasteiger charge is 2.25. The molecule has 10 nitrogen and oxygen atoms in total.